The summed E-state index contributed by atoms with van der Waals surface area (Å²) in [6, 6.07) is 3.06. The second-order valence-electron chi connectivity index (χ2n) is 4.23. The minimum absolute atomic E-state index is 0.190. The molecule has 98 valence electrons. The SMILES string of the molecule is CC(=O)CC(=O)N(C)C(C)c1ccc(F)c(F)c1. The second kappa shape index (κ2) is 5.71. The lowest BCUT2D eigenvalue weighted by molar-refractivity contribution is -0.135. The van der Waals surface area contributed by atoms with Crippen molar-refractivity contribution in [2.24, 2.45) is 0 Å². The van der Waals surface area contributed by atoms with Gasteiger partial charge in [-0.15, -0.1) is 0 Å². The monoisotopic (exact) mass is 255 g/mol. The number of carbonyl (C=O) groups excluding carboxylic acids is 2. The maximum absolute atomic E-state index is 13.1. The first-order valence-corrected chi connectivity index (χ1v) is 5.53. The molecule has 18 heavy (non-hydrogen) atoms. The fourth-order valence-corrected chi connectivity index (χ4v) is 1.55. The van der Waals surface area contributed by atoms with E-state index >= 15 is 0 Å². The van der Waals surface area contributed by atoms with Crippen LogP contribution in [0.2, 0.25) is 0 Å². The van der Waals surface area contributed by atoms with Crippen molar-refractivity contribution in [3.8, 4) is 0 Å². The van der Waals surface area contributed by atoms with Crippen LogP contribution in [0.15, 0.2) is 18.2 Å². The van der Waals surface area contributed by atoms with Gasteiger partial charge in [0.15, 0.2) is 11.6 Å². The lowest BCUT2D eigenvalue weighted by atomic mass is 10.1. The van der Waals surface area contributed by atoms with E-state index in [-0.39, 0.29) is 18.1 Å². The topological polar surface area (TPSA) is 37.4 Å². The molecule has 3 nitrogen and oxygen atoms in total. The van der Waals surface area contributed by atoms with Crippen LogP contribution in [0, 0.1) is 11.6 Å². The molecule has 1 unspecified atom stereocenters. The summed E-state index contributed by atoms with van der Waals surface area (Å²) in [5.74, 6) is -2.46. The summed E-state index contributed by atoms with van der Waals surface area (Å²) in [6.45, 7) is 3.01. The van der Waals surface area contributed by atoms with Crippen molar-refractivity contribution in [3.63, 3.8) is 0 Å². The third kappa shape index (κ3) is 3.35. The van der Waals surface area contributed by atoms with Gasteiger partial charge in [0, 0.05) is 7.05 Å². The van der Waals surface area contributed by atoms with Gasteiger partial charge in [-0.2, -0.15) is 0 Å². The van der Waals surface area contributed by atoms with Crippen molar-refractivity contribution in [1.82, 2.24) is 4.90 Å². The number of Topliss-reactive ketones (excluding diaryl/α,β-unsaturated/α-hetero) is 1. The van der Waals surface area contributed by atoms with Crippen molar-refractivity contribution in [1.29, 1.82) is 0 Å². The number of ketones is 1. The summed E-state index contributed by atoms with van der Waals surface area (Å²) in [6.07, 6.45) is -0.190. The highest BCUT2D eigenvalue weighted by Gasteiger charge is 2.19. The average Bonchev–Trinajstić information content (AvgIpc) is 2.30. The van der Waals surface area contributed by atoms with Crippen molar-refractivity contribution in [2.45, 2.75) is 26.3 Å². The molecule has 1 rings (SSSR count). The van der Waals surface area contributed by atoms with Gasteiger partial charge in [-0.3, -0.25) is 9.59 Å². The zero-order valence-electron chi connectivity index (χ0n) is 10.5. The van der Waals surface area contributed by atoms with Crippen LogP contribution in [-0.4, -0.2) is 23.6 Å². The minimum Gasteiger partial charge on any atom is -0.339 e. The number of amides is 1. The summed E-state index contributed by atoms with van der Waals surface area (Å²) in [4.78, 5) is 23.9. The molecular formula is C13H15F2NO2. The summed E-state index contributed by atoms with van der Waals surface area (Å²) in [5.41, 5.74) is 0.480. The van der Waals surface area contributed by atoms with Gasteiger partial charge in [-0.25, -0.2) is 8.78 Å². The molecule has 0 N–H and O–H groups in total. The summed E-state index contributed by atoms with van der Waals surface area (Å²) >= 11 is 0. The van der Waals surface area contributed by atoms with E-state index in [0.717, 1.165) is 12.1 Å². The van der Waals surface area contributed by atoms with Crippen LogP contribution < -0.4 is 0 Å². The summed E-state index contributed by atoms with van der Waals surface area (Å²) < 4.78 is 25.9. The van der Waals surface area contributed by atoms with Crippen LogP contribution in [0.5, 0.6) is 0 Å². The van der Waals surface area contributed by atoms with Crippen LogP contribution in [-0.2, 0) is 9.59 Å². The molecule has 0 aliphatic rings. The maximum atomic E-state index is 13.1. The van der Waals surface area contributed by atoms with Gasteiger partial charge in [0.25, 0.3) is 0 Å². The smallest absolute Gasteiger partial charge is 0.230 e. The maximum Gasteiger partial charge on any atom is 0.230 e. The lowest BCUT2D eigenvalue weighted by Gasteiger charge is -2.25. The Bertz CT molecular complexity index is 474. The molecule has 5 heteroatoms. The molecule has 1 amide bonds. The van der Waals surface area contributed by atoms with Crippen molar-refractivity contribution in [2.75, 3.05) is 7.05 Å². The quantitative estimate of drug-likeness (QED) is 0.775. The van der Waals surface area contributed by atoms with Crippen LogP contribution in [0.3, 0.4) is 0 Å². The van der Waals surface area contributed by atoms with E-state index < -0.39 is 17.7 Å². The van der Waals surface area contributed by atoms with Crippen molar-refractivity contribution in [3.05, 3.63) is 35.4 Å². The van der Waals surface area contributed by atoms with E-state index in [4.69, 9.17) is 0 Å². The van der Waals surface area contributed by atoms with Gasteiger partial charge >= 0.3 is 0 Å². The number of hydrogen-bond acceptors (Lipinski definition) is 2. The third-order valence-corrected chi connectivity index (χ3v) is 2.80. The van der Waals surface area contributed by atoms with E-state index in [1.165, 1.54) is 24.9 Å². The minimum atomic E-state index is -0.952. The Hall–Kier alpha value is -1.78. The van der Waals surface area contributed by atoms with Gasteiger partial charge in [0.05, 0.1) is 12.5 Å². The Labute approximate surface area is 104 Å². The molecule has 1 atom stereocenters. The molecule has 0 bridgehead atoms. The fourth-order valence-electron chi connectivity index (χ4n) is 1.55. The van der Waals surface area contributed by atoms with Crippen LogP contribution >= 0.6 is 0 Å². The molecular weight excluding hydrogens is 240 g/mol. The van der Waals surface area contributed by atoms with Gasteiger partial charge in [0.1, 0.15) is 5.78 Å². The van der Waals surface area contributed by atoms with Crippen LogP contribution in [0.1, 0.15) is 31.9 Å². The van der Waals surface area contributed by atoms with E-state index in [9.17, 15) is 18.4 Å². The molecule has 0 fully saturated rings. The van der Waals surface area contributed by atoms with Crippen LogP contribution in [0.25, 0.3) is 0 Å². The van der Waals surface area contributed by atoms with E-state index in [1.807, 2.05) is 0 Å². The highest BCUT2D eigenvalue weighted by atomic mass is 19.2. The number of carbonyl (C=O) groups is 2. The predicted octanol–water partition coefficient (Wildman–Crippen LogP) is 2.46. The van der Waals surface area contributed by atoms with Crippen molar-refractivity contribution < 1.29 is 18.4 Å². The van der Waals surface area contributed by atoms with E-state index in [1.54, 1.807) is 6.92 Å². The van der Waals surface area contributed by atoms with Gasteiger partial charge in [0.2, 0.25) is 5.91 Å². The van der Waals surface area contributed by atoms with Crippen LogP contribution in [0.4, 0.5) is 8.78 Å². The number of benzene rings is 1. The largest absolute Gasteiger partial charge is 0.339 e. The highest BCUT2D eigenvalue weighted by molar-refractivity contribution is 5.96. The zero-order chi connectivity index (χ0) is 13.9. The summed E-state index contributed by atoms with van der Waals surface area (Å²) in [5, 5.41) is 0. The molecule has 1 aromatic carbocycles. The molecule has 0 heterocycles. The first-order chi connectivity index (χ1) is 8.32. The van der Waals surface area contributed by atoms with E-state index in [2.05, 4.69) is 0 Å². The Balaban J connectivity index is 2.85. The Morgan fingerprint density at radius 3 is 2.39 bits per heavy atom. The van der Waals surface area contributed by atoms with E-state index in [0.29, 0.717) is 5.56 Å². The standard InChI is InChI=1S/C13H15F2NO2/c1-8(17)6-13(18)16(3)9(2)10-4-5-11(14)12(15)7-10/h4-5,7,9H,6H2,1-3H3. The predicted molar refractivity (Wildman–Crippen MR) is 62.8 cm³/mol. The average molecular weight is 255 g/mol. The Morgan fingerprint density at radius 1 is 1.28 bits per heavy atom. The molecule has 0 spiro atoms. The molecule has 0 aromatic heterocycles. The number of halogens is 2. The Morgan fingerprint density at radius 2 is 1.89 bits per heavy atom. The van der Waals surface area contributed by atoms with Gasteiger partial charge in [-0.1, -0.05) is 6.07 Å². The van der Waals surface area contributed by atoms with Gasteiger partial charge in [-0.05, 0) is 31.5 Å². The van der Waals surface area contributed by atoms with Crippen molar-refractivity contribution >= 4 is 11.7 Å². The first kappa shape index (κ1) is 14.3. The molecule has 0 aliphatic heterocycles. The molecule has 0 saturated carbocycles. The third-order valence-electron chi connectivity index (χ3n) is 2.80. The lowest BCUT2D eigenvalue weighted by Crippen LogP contribution is -2.30. The Kier molecular flexibility index (Phi) is 4.53. The number of rotatable bonds is 4. The molecule has 0 saturated heterocycles. The molecule has 0 aliphatic carbocycles. The number of nitrogens with zero attached hydrogens (tertiary/aromatic N) is 1. The normalized spacial score (nSPS) is 12.1. The first-order valence-electron chi connectivity index (χ1n) is 5.53. The summed E-state index contributed by atoms with van der Waals surface area (Å²) in [7, 11) is 1.53. The fraction of sp³-hybridized carbons (Fsp3) is 0.385. The second-order valence-corrected chi connectivity index (χ2v) is 4.23. The molecule has 0 radical (unpaired) electrons. The van der Waals surface area contributed by atoms with Gasteiger partial charge < -0.3 is 4.90 Å². The highest BCUT2D eigenvalue weighted by Crippen LogP contribution is 2.21. The number of hydrogen-bond donors (Lipinski definition) is 0. The molecule has 1 aromatic rings. The zero-order valence-corrected chi connectivity index (χ0v) is 10.5.